The Bertz CT molecular complexity index is 386. The van der Waals surface area contributed by atoms with Gasteiger partial charge in [-0.25, -0.2) is 4.79 Å². The minimum Gasteiger partial charge on any atom is -0.465 e. The van der Waals surface area contributed by atoms with E-state index in [0.29, 0.717) is 5.75 Å². The van der Waals surface area contributed by atoms with E-state index in [1.165, 1.54) is 11.8 Å². The van der Waals surface area contributed by atoms with Crippen molar-refractivity contribution in [2.75, 3.05) is 12.3 Å². The van der Waals surface area contributed by atoms with Crippen molar-refractivity contribution >= 4 is 35.2 Å². The van der Waals surface area contributed by atoms with Crippen LogP contribution in [0.25, 0.3) is 0 Å². The third-order valence-electron chi connectivity index (χ3n) is 1.90. The van der Waals surface area contributed by atoms with Gasteiger partial charge in [0.1, 0.15) is 5.38 Å². The zero-order chi connectivity index (χ0) is 12.7. The van der Waals surface area contributed by atoms with E-state index < -0.39 is 11.5 Å². The highest BCUT2D eigenvalue weighted by atomic mass is 35.5. The van der Waals surface area contributed by atoms with Crippen molar-refractivity contribution in [1.29, 1.82) is 0 Å². The molecule has 0 saturated carbocycles. The number of carbonyl (C=O) groups excluding carboxylic acids is 1. The summed E-state index contributed by atoms with van der Waals surface area (Å²) in [5.74, 6) is 0.101. The first-order valence-electron chi connectivity index (χ1n) is 4.91. The number of hydrogen-bond donors (Lipinski definition) is 2. The van der Waals surface area contributed by atoms with Gasteiger partial charge in [-0.15, -0.1) is 23.4 Å². The van der Waals surface area contributed by atoms with E-state index in [2.05, 4.69) is 0 Å². The van der Waals surface area contributed by atoms with Gasteiger partial charge < -0.3 is 10.4 Å². The van der Waals surface area contributed by atoms with Crippen LogP contribution >= 0.6 is 23.4 Å². The second kappa shape index (κ2) is 7.19. The second-order valence-electron chi connectivity index (χ2n) is 3.22. The van der Waals surface area contributed by atoms with Crippen LogP contribution in [-0.2, 0) is 4.79 Å². The maximum Gasteiger partial charge on any atom is 0.405 e. The Balaban J connectivity index is 2.31. The van der Waals surface area contributed by atoms with Crippen LogP contribution in [0.2, 0.25) is 0 Å². The van der Waals surface area contributed by atoms with Gasteiger partial charge >= 0.3 is 6.09 Å². The predicted molar refractivity (Wildman–Crippen MR) is 67.8 cm³/mol. The fourth-order valence-electron chi connectivity index (χ4n) is 1.05. The highest BCUT2D eigenvalue weighted by Gasteiger charge is 2.16. The molecule has 1 aromatic rings. The first-order valence-corrected chi connectivity index (χ1v) is 6.33. The van der Waals surface area contributed by atoms with Gasteiger partial charge in [-0.2, -0.15) is 0 Å². The Morgan fingerprint density at radius 1 is 1.35 bits per heavy atom. The topological polar surface area (TPSA) is 66.4 Å². The second-order valence-corrected chi connectivity index (χ2v) is 4.84. The third-order valence-corrected chi connectivity index (χ3v) is 3.59. The molecule has 1 aromatic carbocycles. The largest absolute Gasteiger partial charge is 0.465 e. The smallest absolute Gasteiger partial charge is 0.405 e. The van der Waals surface area contributed by atoms with Crippen molar-refractivity contribution in [3.8, 4) is 0 Å². The van der Waals surface area contributed by atoms with E-state index in [9.17, 15) is 9.59 Å². The van der Waals surface area contributed by atoms with Gasteiger partial charge in [-0.1, -0.05) is 18.2 Å². The lowest BCUT2D eigenvalue weighted by atomic mass is 10.3. The van der Waals surface area contributed by atoms with E-state index in [0.717, 1.165) is 4.90 Å². The highest BCUT2D eigenvalue weighted by molar-refractivity contribution is 7.99. The molecule has 2 N–H and O–H groups in total. The minimum atomic E-state index is -1.22. The van der Waals surface area contributed by atoms with Crippen LogP contribution in [0, 0.1) is 0 Å². The van der Waals surface area contributed by atoms with Crippen LogP contribution in [0.3, 0.4) is 0 Å². The lowest BCUT2D eigenvalue weighted by molar-refractivity contribution is -0.117. The summed E-state index contributed by atoms with van der Waals surface area (Å²) in [7, 11) is 0. The summed E-state index contributed by atoms with van der Waals surface area (Å²) < 4.78 is 0. The van der Waals surface area contributed by atoms with E-state index >= 15 is 0 Å². The molecule has 0 aliphatic carbocycles. The van der Waals surface area contributed by atoms with Crippen LogP contribution < -0.4 is 5.32 Å². The SMILES string of the molecule is O=C(O)NCC(=O)[C@H](Cl)CSc1ccccc1. The van der Waals surface area contributed by atoms with Crippen molar-refractivity contribution in [1.82, 2.24) is 5.32 Å². The number of thioether (sulfide) groups is 1. The van der Waals surface area contributed by atoms with Gasteiger partial charge in [0.05, 0.1) is 6.54 Å². The van der Waals surface area contributed by atoms with Gasteiger partial charge in [-0.05, 0) is 12.1 Å². The Morgan fingerprint density at radius 2 is 2.00 bits per heavy atom. The Labute approximate surface area is 108 Å². The number of Topliss-reactive ketones (excluding diaryl/α,β-unsaturated/α-hetero) is 1. The van der Waals surface area contributed by atoms with Gasteiger partial charge in [-0.3, -0.25) is 4.79 Å². The van der Waals surface area contributed by atoms with Crippen molar-refractivity contribution in [3.05, 3.63) is 30.3 Å². The molecule has 1 amide bonds. The number of carboxylic acid groups (broad SMARTS) is 1. The molecule has 17 heavy (non-hydrogen) atoms. The highest BCUT2D eigenvalue weighted by Crippen LogP contribution is 2.19. The lowest BCUT2D eigenvalue weighted by Gasteiger charge is -2.08. The minimum absolute atomic E-state index is 0.251. The number of hydrogen-bond acceptors (Lipinski definition) is 3. The van der Waals surface area contributed by atoms with Crippen LogP contribution in [0.15, 0.2) is 35.2 Å². The van der Waals surface area contributed by atoms with E-state index in [1.54, 1.807) is 0 Å². The summed E-state index contributed by atoms with van der Waals surface area (Å²) in [5, 5.41) is 9.65. The summed E-state index contributed by atoms with van der Waals surface area (Å²) in [5.41, 5.74) is 0. The number of nitrogens with one attached hydrogen (secondary N) is 1. The van der Waals surface area contributed by atoms with Crippen molar-refractivity contribution in [2.45, 2.75) is 10.3 Å². The summed E-state index contributed by atoms with van der Waals surface area (Å²) >= 11 is 7.32. The molecule has 0 fully saturated rings. The molecule has 6 heteroatoms. The van der Waals surface area contributed by atoms with E-state index in [-0.39, 0.29) is 12.3 Å². The normalized spacial score (nSPS) is 11.8. The average Bonchev–Trinajstić information content (AvgIpc) is 2.34. The molecule has 92 valence electrons. The van der Waals surface area contributed by atoms with Gasteiger partial charge in [0.15, 0.2) is 5.78 Å². The molecular weight excluding hydrogens is 262 g/mol. The maximum atomic E-state index is 11.4. The molecule has 0 radical (unpaired) electrons. The molecule has 0 saturated heterocycles. The molecule has 0 aliphatic rings. The molecular formula is C11H12ClNO3S. The average molecular weight is 274 g/mol. The van der Waals surface area contributed by atoms with Crippen molar-refractivity contribution < 1.29 is 14.7 Å². The number of carbonyl (C=O) groups is 2. The maximum absolute atomic E-state index is 11.4. The summed E-state index contributed by atoms with van der Waals surface area (Å²) in [6, 6.07) is 9.56. The molecule has 1 atom stereocenters. The molecule has 0 aliphatic heterocycles. The van der Waals surface area contributed by atoms with Crippen LogP contribution in [-0.4, -0.2) is 34.7 Å². The first kappa shape index (κ1) is 13.9. The van der Waals surface area contributed by atoms with Gasteiger partial charge in [0.25, 0.3) is 0 Å². The first-order chi connectivity index (χ1) is 8.09. The number of ketones is 1. The molecule has 0 heterocycles. The molecule has 0 spiro atoms. The number of halogens is 1. The number of benzene rings is 1. The van der Waals surface area contributed by atoms with Crippen LogP contribution in [0.5, 0.6) is 0 Å². The quantitative estimate of drug-likeness (QED) is 0.616. The Kier molecular flexibility index (Phi) is 5.86. The molecule has 0 aromatic heterocycles. The standard InChI is InChI=1S/C11H12ClNO3S/c12-9(10(14)6-13-11(15)16)7-17-8-4-2-1-3-5-8/h1-5,9,13H,6-7H2,(H,15,16)/t9-/m1/s1. The monoisotopic (exact) mass is 273 g/mol. The zero-order valence-corrected chi connectivity index (χ0v) is 10.5. The lowest BCUT2D eigenvalue weighted by Crippen LogP contribution is -2.33. The van der Waals surface area contributed by atoms with E-state index in [1.807, 2.05) is 35.6 Å². The number of alkyl halides is 1. The fourth-order valence-corrected chi connectivity index (χ4v) is 2.19. The van der Waals surface area contributed by atoms with E-state index in [4.69, 9.17) is 16.7 Å². The Hall–Kier alpha value is -1.20. The molecule has 0 unspecified atom stereocenters. The zero-order valence-electron chi connectivity index (χ0n) is 8.93. The predicted octanol–water partition coefficient (Wildman–Crippen LogP) is 2.22. The Morgan fingerprint density at radius 3 is 2.59 bits per heavy atom. The molecule has 0 bridgehead atoms. The van der Waals surface area contributed by atoms with Gasteiger partial charge in [0, 0.05) is 10.6 Å². The number of rotatable bonds is 6. The van der Waals surface area contributed by atoms with Crippen molar-refractivity contribution in [2.24, 2.45) is 0 Å². The van der Waals surface area contributed by atoms with Crippen molar-refractivity contribution in [3.63, 3.8) is 0 Å². The fraction of sp³-hybridized carbons (Fsp3) is 0.273. The van der Waals surface area contributed by atoms with Crippen LogP contribution in [0.4, 0.5) is 4.79 Å². The molecule has 1 rings (SSSR count). The van der Waals surface area contributed by atoms with Gasteiger partial charge in [0.2, 0.25) is 0 Å². The third kappa shape index (κ3) is 5.60. The number of amides is 1. The summed E-state index contributed by atoms with van der Waals surface area (Å²) in [6.07, 6.45) is -1.22. The summed E-state index contributed by atoms with van der Waals surface area (Å²) in [6.45, 7) is -0.251. The van der Waals surface area contributed by atoms with Crippen LogP contribution in [0.1, 0.15) is 0 Å². The summed E-state index contributed by atoms with van der Waals surface area (Å²) in [4.78, 5) is 22.6. The molecule has 4 nitrogen and oxygen atoms in total.